The molecule has 1 aliphatic carbocycles. The highest BCUT2D eigenvalue weighted by Gasteiger charge is 2.40. The van der Waals surface area contributed by atoms with Gasteiger partial charge >= 0.3 is 0 Å². The highest BCUT2D eigenvalue weighted by Crippen LogP contribution is 2.36. The number of carbonyl (C=O) groups excluding carboxylic acids is 2. The fourth-order valence-corrected chi connectivity index (χ4v) is 3.99. The van der Waals surface area contributed by atoms with Crippen LogP contribution in [0.2, 0.25) is 0 Å². The van der Waals surface area contributed by atoms with Gasteiger partial charge in [0.1, 0.15) is 5.78 Å². The molecule has 1 amide bonds. The Bertz CT molecular complexity index is 422. The van der Waals surface area contributed by atoms with Gasteiger partial charge in [0.05, 0.1) is 0 Å². The molecule has 2 atom stereocenters. The number of amides is 1. The number of rotatable bonds is 5. The SMILES string of the molecule is CN(CCN1CCCC1)C(=O)C1CCCC[C@H]1C(=O)C(C)(C)C. The average molecular weight is 322 g/mol. The molecule has 1 aliphatic heterocycles. The van der Waals surface area contributed by atoms with Gasteiger partial charge in [-0.25, -0.2) is 0 Å². The van der Waals surface area contributed by atoms with Crippen LogP contribution in [0, 0.1) is 17.3 Å². The first-order valence-electron chi connectivity index (χ1n) is 9.32. The van der Waals surface area contributed by atoms with Crippen LogP contribution in [0.4, 0.5) is 0 Å². The predicted molar refractivity (Wildman–Crippen MR) is 93.2 cm³/mol. The van der Waals surface area contributed by atoms with Crippen LogP contribution in [0.15, 0.2) is 0 Å². The van der Waals surface area contributed by atoms with Crippen LogP contribution in [-0.2, 0) is 9.59 Å². The average Bonchev–Trinajstić information content (AvgIpc) is 3.03. The second-order valence-electron chi connectivity index (χ2n) is 8.42. The molecule has 2 aliphatic rings. The molecule has 0 aromatic rings. The predicted octanol–water partition coefficient (Wildman–Crippen LogP) is 2.96. The molecule has 2 rings (SSSR count). The molecule has 23 heavy (non-hydrogen) atoms. The minimum atomic E-state index is -0.353. The molecule has 0 aromatic carbocycles. The fraction of sp³-hybridized carbons (Fsp3) is 0.895. The first kappa shape index (κ1) is 18.4. The molecule has 1 heterocycles. The number of hydrogen-bond donors (Lipinski definition) is 0. The quantitative estimate of drug-likeness (QED) is 0.781. The van der Waals surface area contributed by atoms with Gasteiger partial charge in [-0.15, -0.1) is 0 Å². The Kier molecular flexibility index (Phi) is 6.24. The summed E-state index contributed by atoms with van der Waals surface area (Å²) >= 11 is 0. The summed E-state index contributed by atoms with van der Waals surface area (Å²) in [6.45, 7) is 10.00. The highest BCUT2D eigenvalue weighted by atomic mass is 16.2. The summed E-state index contributed by atoms with van der Waals surface area (Å²) in [5.74, 6) is 0.277. The van der Waals surface area contributed by atoms with E-state index in [0.29, 0.717) is 0 Å². The fourth-order valence-electron chi connectivity index (χ4n) is 3.99. The van der Waals surface area contributed by atoms with Gasteiger partial charge in [-0.05, 0) is 38.8 Å². The van der Waals surface area contributed by atoms with E-state index < -0.39 is 0 Å². The molecule has 1 unspecified atom stereocenters. The van der Waals surface area contributed by atoms with E-state index in [9.17, 15) is 9.59 Å². The maximum absolute atomic E-state index is 12.9. The molecular formula is C19H34N2O2. The van der Waals surface area contributed by atoms with Crippen molar-refractivity contribution in [1.82, 2.24) is 9.80 Å². The van der Waals surface area contributed by atoms with Gasteiger partial charge in [0.15, 0.2) is 0 Å². The molecule has 0 radical (unpaired) electrons. The third kappa shape index (κ3) is 4.79. The van der Waals surface area contributed by atoms with Crippen LogP contribution >= 0.6 is 0 Å². The molecule has 0 bridgehead atoms. The Labute approximate surface area is 141 Å². The van der Waals surface area contributed by atoms with E-state index in [1.165, 1.54) is 12.8 Å². The lowest BCUT2D eigenvalue weighted by Gasteiger charge is -2.36. The summed E-state index contributed by atoms with van der Waals surface area (Å²) in [6, 6.07) is 0. The monoisotopic (exact) mass is 322 g/mol. The Morgan fingerprint density at radius 3 is 2.13 bits per heavy atom. The van der Waals surface area contributed by atoms with E-state index in [1.54, 1.807) is 0 Å². The molecule has 4 heteroatoms. The number of ketones is 1. The van der Waals surface area contributed by atoms with Crippen molar-refractivity contribution in [3.63, 3.8) is 0 Å². The zero-order valence-corrected chi connectivity index (χ0v) is 15.4. The van der Waals surface area contributed by atoms with Crippen molar-refractivity contribution in [3.05, 3.63) is 0 Å². The number of likely N-dealkylation sites (tertiary alicyclic amines) is 1. The van der Waals surface area contributed by atoms with Gasteiger partial charge in [0, 0.05) is 37.4 Å². The van der Waals surface area contributed by atoms with Crippen molar-refractivity contribution < 1.29 is 9.59 Å². The van der Waals surface area contributed by atoms with Gasteiger partial charge in [-0.2, -0.15) is 0 Å². The van der Waals surface area contributed by atoms with Crippen LogP contribution < -0.4 is 0 Å². The van der Waals surface area contributed by atoms with E-state index in [-0.39, 0.29) is 28.9 Å². The van der Waals surface area contributed by atoms with Gasteiger partial charge in [-0.3, -0.25) is 9.59 Å². The first-order valence-corrected chi connectivity index (χ1v) is 9.32. The Balaban J connectivity index is 1.95. The Morgan fingerprint density at radius 2 is 1.57 bits per heavy atom. The van der Waals surface area contributed by atoms with E-state index >= 15 is 0 Å². The standard InChI is InChI=1S/C19H34N2O2/c1-19(2,3)17(22)15-9-5-6-10-16(15)18(23)20(4)13-14-21-11-7-8-12-21/h15-16H,5-14H2,1-4H3/t15-,16?/m1/s1. The number of Topliss-reactive ketones (excluding diaryl/α,β-unsaturated/α-hetero) is 1. The zero-order chi connectivity index (χ0) is 17.0. The summed E-state index contributed by atoms with van der Waals surface area (Å²) < 4.78 is 0. The molecular weight excluding hydrogens is 288 g/mol. The minimum Gasteiger partial charge on any atom is -0.344 e. The van der Waals surface area contributed by atoms with E-state index in [2.05, 4.69) is 4.90 Å². The second kappa shape index (κ2) is 7.78. The maximum Gasteiger partial charge on any atom is 0.226 e. The van der Waals surface area contributed by atoms with Gasteiger partial charge < -0.3 is 9.80 Å². The van der Waals surface area contributed by atoms with Crippen LogP contribution in [-0.4, -0.2) is 54.7 Å². The van der Waals surface area contributed by atoms with Gasteiger partial charge in [0.2, 0.25) is 5.91 Å². The van der Waals surface area contributed by atoms with Crippen molar-refractivity contribution in [2.75, 3.05) is 33.2 Å². The highest BCUT2D eigenvalue weighted by molar-refractivity contribution is 5.91. The molecule has 1 saturated heterocycles. The molecule has 0 spiro atoms. The van der Waals surface area contributed by atoms with Gasteiger partial charge in [0.25, 0.3) is 0 Å². The number of hydrogen-bond acceptors (Lipinski definition) is 3. The summed E-state index contributed by atoms with van der Waals surface area (Å²) in [5, 5.41) is 0. The minimum absolute atomic E-state index is 0.0783. The van der Waals surface area contributed by atoms with E-state index in [0.717, 1.165) is 51.9 Å². The smallest absolute Gasteiger partial charge is 0.226 e. The number of carbonyl (C=O) groups is 2. The van der Waals surface area contributed by atoms with Crippen molar-refractivity contribution in [2.45, 2.75) is 59.3 Å². The second-order valence-corrected chi connectivity index (χ2v) is 8.42. The molecule has 4 nitrogen and oxygen atoms in total. The lowest BCUT2D eigenvalue weighted by Crippen LogP contribution is -2.45. The molecule has 2 fully saturated rings. The largest absolute Gasteiger partial charge is 0.344 e. The third-order valence-electron chi connectivity index (χ3n) is 5.49. The van der Waals surface area contributed by atoms with Crippen LogP contribution in [0.5, 0.6) is 0 Å². The molecule has 132 valence electrons. The summed E-state index contributed by atoms with van der Waals surface area (Å²) in [7, 11) is 1.91. The lowest BCUT2D eigenvalue weighted by atomic mass is 9.70. The van der Waals surface area contributed by atoms with Crippen LogP contribution in [0.1, 0.15) is 59.3 Å². The van der Waals surface area contributed by atoms with Crippen molar-refractivity contribution >= 4 is 11.7 Å². The number of nitrogens with zero attached hydrogens (tertiary/aromatic N) is 2. The molecule has 0 N–H and O–H groups in total. The van der Waals surface area contributed by atoms with Crippen molar-refractivity contribution in [1.29, 1.82) is 0 Å². The topological polar surface area (TPSA) is 40.6 Å². The van der Waals surface area contributed by atoms with Crippen molar-refractivity contribution in [2.24, 2.45) is 17.3 Å². The Hall–Kier alpha value is -0.900. The third-order valence-corrected chi connectivity index (χ3v) is 5.49. The van der Waals surface area contributed by atoms with Gasteiger partial charge in [-0.1, -0.05) is 33.6 Å². The normalized spacial score (nSPS) is 26.3. The van der Waals surface area contributed by atoms with E-state index in [4.69, 9.17) is 0 Å². The molecule has 1 saturated carbocycles. The Morgan fingerprint density at radius 1 is 1.00 bits per heavy atom. The van der Waals surface area contributed by atoms with Crippen LogP contribution in [0.25, 0.3) is 0 Å². The summed E-state index contributed by atoms with van der Waals surface area (Å²) in [5.41, 5.74) is -0.353. The number of likely N-dealkylation sites (N-methyl/N-ethyl adjacent to an activating group) is 1. The maximum atomic E-state index is 12.9. The van der Waals surface area contributed by atoms with Crippen molar-refractivity contribution in [3.8, 4) is 0 Å². The summed E-state index contributed by atoms with van der Waals surface area (Å²) in [6.07, 6.45) is 6.47. The first-order chi connectivity index (χ1) is 10.8. The summed E-state index contributed by atoms with van der Waals surface area (Å²) in [4.78, 5) is 30.0. The van der Waals surface area contributed by atoms with Crippen LogP contribution in [0.3, 0.4) is 0 Å². The molecule has 0 aromatic heterocycles. The zero-order valence-electron chi connectivity index (χ0n) is 15.4. The lowest BCUT2D eigenvalue weighted by molar-refractivity contribution is -0.144. The van der Waals surface area contributed by atoms with E-state index in [1.807, 2.05) is 32.7 Å².